The van der Waals surface area contributed by atoms with Gasteiger partial charge in [-0.3, -0.25) is 0 Å². The molecule has 1 aromatic heterocycles. The molecule has 0 aliphatic rings. The highest BCUT2D eigenvalue weighted by atomic mass is 16.3. The molecule has 6 heteroatoms. The lowest BCUT2D eigenvalue weighted by molar-refractivity contribution is 0.891. The largest absolute Gasteiger partial charge is 0.382 e. The van der Waals surface area contributed by atoms with Crippen molar-refractivity contribution >= 4 is 11.5 Å². The molecular weight excluding hydrogens is 206 g/mol. The fourth-order valence-corrected chi connectivity index (χ4v) is 1.33. The topological polar surface area (TPSA) is 97.1 Å². The second-order valence-corrected chi connectivity index (χ2v) is 3.08. The van der Waals surface area contributed by atoms with Gasteiger partial charge in [0.25, 0.3) is 0 Å². The quantitative estimate of drug-likeness (QED) is 0.768. The number of anilines is 1. The van der Waals surface area contributed by atoms with E-state index in [1.807, 2.05) is 6.07 Å². The molecule has 2 N–H and O–H groups in total. The van der Waals surface area contributed by atoms with E-state index in [0.717, 1.165) is 0 Å². The van der Waals surface area contributed by atoms with Crippen molar-refractivity contribution in [2.75, 3.05) is 5.73 Å². The Hall–Kier alpha value is -2.68. The summed E-state index contributed by atoms with van der Waals surface area (Å²) in [5.74, 6) is 0.241. The SMILES string of the molecule is N#Cc1cnn(-c2cccc(N=O)c2)c1N. The third-order valence-corrected chi connectivity index (χ3v) is 2.11. The van der Waals surface area contributed by atoms with E-state index in [1.54, 1.807) is 18.2 Å². The van der Waals surface area contributed by atoms with Crippen molar-refractivity contribution in [2.24, 2.45) is 5.18 Å². The molecule has 0 spiro atoms. The first-order chi connectivity index (χ1) is 7.76. The van der Waals surface area contributed by atoms with Gasteiger partial charge in [0.05, 0.1) is 11.9 Å². The minimum atomic E-state index is 0.241. The number of hydrogen-bond acceptors (Lipinski definition) is 5. The van der Waals surface area contributed by atoms with Crippen molar-refractivity contribution in [3.8, 4) is 11.8 Å². The van der Waals surface area contributed by atoms with Crippen molar-refractivity contribution in [3.63, 3.8) is 0 Å². The minimum Gasteiger partial charge on any atom is -0.382 e. The number of nitrogen functional groups attached to an aromatic ring is 1. The standard InChI is InChI=1S/C10H7N5O/c11-5-7-6-13-15(10(7)12)9-3-1-2-8(4-9)14-16/h1-4,6H,12H2. The smallest absolute Gasteiger partial charge is 0.145 e. The summed E-state index contributed by atoms with van der Waals surface area (Å²) in [7, 11) is 0. The van der Waals surface area contributed by atoms with Crippen molar-refractivity contribution < 1.29 is 0 Å². The number of benzene rings is 1. The van der Waals surface area contributed by atoms with Crippen molar-refractivity contribution in [2.45, 2.75) is 0 Å². The number of nitrogens with two attached hydrogens (primary N) is 1. The Morgan fingerprint density at radius 1 is 1.50 bits per heavy atom. The lowest BCUT2D eigenvalue weighted by atomic mass is 10.3. The number of nitriles is 1. The fourth-order valence-electron chi connectivity index (χ4n) is 1.33. The molecule has 1 aromatic carbocycles. The number of rotatable bonds is 2. The molecule has 0 atom stereocenters. The van der Waals surface area contributed by atoms with Gasteiger partial charge in [0, 0.05) is 0 Å². The molecule has 0 aliphatic heterocycles. The molecule has 78 valence electrons. The average Bonchev–Trinajstić information content (AvgIpc) is 2.70. The molecule has 0 saturated carbocycles. The van der Waals surface area contributed by atoms with Crippen LogP contribution < -0.4 is 5.73 Å². The molecule has 0 amide bonds. The van der Waals surface area contributed by atoms with Crippen LogP contribution in [0.4, 0.5) is 11.5 Å². The predicted molar refractivity (Wildman–Crippen MR) is 58.1 cm³/mol. The van der Waals surface area contributed by atoms with E-state index in [9.17, 15) is 4.91 Å². The van der Waals surface area contributed by atoms with E-state index in [-0.39, 0.29) is 11.5 Å². The highest BCUT2D eigenvalue weighted by molar-refractivity contribution is 5.55. The van der Waals surface area contributed by atoms with Crippen LogP contribution in [0.1, 0.15) is 5.56 Å². The second-order valence-electron chi connectivity index (χ2n) is 3.08. The maximum atomic E-state index is 10.4. The lowest BCUT2D eigenvalue weighted by Gasteiger charge is -2.03. The zero-order valence-corrected chi connectivity index (χ0v) is 8.16. The Bertz CT molecular complexity index is 581. The normalized spacial score (nSPS) is 9.69. The molecule has 2 aromatic rings. The van der Waals surface area contributed by atoms with E-state index in [0.29, 0.717) is 11.3 Å². The third kappa shape index (κ3) is 1.50. The van der Waals surface area contributed by atoms with Crippen LogP contribution in [0, 0.1) is 16.2 Å². The summed E-state index contributed by atoms with van der Waals surface area (Å²) in [4.78, 5) is 10.4. The molecular formula is C10H7N5O. The average molecular weight is 213 g/mol. The van der Waals surface area contributed by atoms with Crippen LogP contribution in [0.5, 0.6) is 0 Å². The Kier molecular flexibility index (Phi) is 2.36. The van der Waals surface area contributed by atoms with Crippen molar-refractivity contribution in [1.82, 2.24) is 9.78 Å². The zero-order chi connectivity index (χ0) is 11.5. The van der Waals surface area contributed by atoms with Gasteiger partial charge in [-0.1, -0.05) is 6.07 Å². The monoisotopic (exact) mass is 213 g/mol. The van der Waals surface area contributed by atoms with Gasteiger partial charge in [0.15, 0.2) is 0 Å². The van der Waals surface area contributed by atoms with Crippen LogP contribution in [0.25, 0.3) is 5.69 Å². The van der Waals surface area contributed by atoms with Crippen LogP contribution in [0.15, 0.2) is 35.6 Å². The number of hydrogen-bond donors (Lipinski definition) is 1. The number of aromatic nitrogens is 2. The van der Waals surface area contributed by atoms with Gasteiger partial charge in [0.1, 0.15) is 23.1 Å². The van der Waals surface area contributed by atoms with Crippen LogP contribution in [0.3, 0.4) is 0 Å². The summed E-state index contributed by atoms with van der Waals surface area (Å²) < 4.78 is 1.38. The molecule has 16 heavy (non-hydrogen) atoms. The second kappa shape index (κ2) is 3.82. The number of nitroso groups, excluding NO2 is 1. The van der Waals surface area contributed by atoms with E-state index in [1.165, 1.54) is 16.9 Å². The van der Waals surface area contributed by atoms with Crippen LogP contribution in [0.2, 0.25) is 0 Å². The van der Waals surface area contributed by atoms with Gasteiger partial charge >= 0.3 is 0 Å². The van der Waals surface area contributed by atoms with Gasteiger partial charge in [0.2, 0.25) is 0 Å². The predicted octanol–water partition coefficient (Wildman–Crippen LogP) is 1.72. The molecule has 0 saturated heterocycles. The van der Waals surface area contributed by atoms with Gasteiger partial charge in [-0.05, 0) is 23.4 Å². The Morgan fingerprint density at radius 3 is 2.94 bits per heavy atom. The highest BCUT2D eigenvalue weighted by Crippen LogP contribution is 2.20. The maximum absolute atomic E-state index is 10.4. The fraction of sp³-hybridized carbons (Fsp3) is 0. The zero-order valence-electron chi connectivity index (χ0n) is 8.16. The maximum Gasteiger partial charge on any atom is 0.145 e. The van der Waals surface area contributed by atoms with Crippen molar-refractivity contribution in [1.29, 1.82) is 5.26 Å². The van der Waals surface area contributed by atoms with Crippen LogP contribution >= 0.6 is 0 Å². The third-order valence-electron chi connectivity index (χ3n) is 2.11. The number of nitrogens with zero attached hydrogens (tertiary/aromatic N) is 4. The first-order valence-corrected chi connectivity index (χ1v) is 4.43. The molecule has 0 unspecified atom stereocenters. The summed E-state index contributed by atoms with van der Waals surface area (Å²) in [5.41, 5.74) is 6.88. The minimum absolute atomic E-state index is 0.241. The molecule has 0 fully saturated rings. The molecule has 0 bridgehead atoms. The molecule has 1 heterocycles. The molecule has 2 rings (SSSR count). The Labute approximate surface area is 90.9 Å². The molecule has 6 nitrogen and oxygen atoms in total. The molecule has 0 aliphatic carbocycles. The summed E-state index contributed by atoms with van der Waals surface area (Å²) in [6.45, 7) is 0. The van der Waals surface area contributed by atoms with Crippen LogP contribution in [-0.2, 0) is 0 Å². The lowest BCUT2D eigenvalue weighted by Crippen LogP contribution is -2.02. The van der Waals surface area contributed by atoms with Gasteiger partial charge in [-0.15, -0.1) is 4.91 Å². The summed E-state index contributed by atoms with van der Waals surface area (Å²) in [6.07, 6.45) is 1.37. The Morgan fingerprint density at radius 2 is 2.31 bits per heavy atom. The van der Waals surface area contributed by atoms with E-state index >= 15 is 0 Å². The van der Waals surface area contributed by atoms with Gasteiger partial charge in [-0.2, -0.15) is 10.4 Å². The summed E-state index contributed by atoms with van der Waals surface area (Å²) in [5, 5.41) is 15.5. The van der Waals surface area contributed by atoms with Gasteiger partial charge in [-0.25, -0.2) is 4.68 Å². The van der Waals surface area contributed by atoms with Gasteiger partial charge < -0.3 is 5.73 Å². The molecule has 0 radical (unpaired) electrons. The first kappa shape index (κ1) is 9.86. The Balaban J connectivity index is 2.55. The van der Waals surface area contributed by atoms with E-state index in [2.05, 4.69) is 10.3 Å². The van der Waals surface area contributed by atoms with Crippen LogP contribution in [-0.4, -0.2) is 9.78 Å². The summed E-state index contributed by atoms with van der Waals surface area (Å²) in [6, 6.07) is 8.42. The van der Waals surface area contributed by atoms with E-state index < -0.39 is 0 Å². The summed E-state index contributed by atoms with van der Waals surface area (Å²) >= 11 is 0. The van der Waals surface area contributed by atoms with E-state index in [4.69, 9.17) is 11.0 Å². The van der Waals surface area contributed by atoms with Crippen molar-refractivity contribution in [3.05, 3.63) is 40.9 Å². The highest BCUT2D eigenvalue weighted by Gasteiger charge is 2.08. The first-order valence-electron chi connectivity index (χ1n) is 4.43.